The second-order valence-corrected chi connectivity index (χ2v) is 9.57. The molecule has 0 unspecified atom stereocenters. The van der Waals surface area contributed by atoms with Crippen LogP contribution in [0.1, 0.15) is 50.7 Å². The first kappa shape index (κ1) is 24.0. The minimum atomic E-state index is 0.408. The first-order chi connectivity index (χ1) is 16.4. The van der Waals surface area contributed by atoms with Gasteiger partial charge >= 0.3 is 0 Å². The number of nitrogens with two attached hydrogens (primary N) is 1. The number of nitrogens with zero attached hydrogens (tertiary/aromatic N) is 6. The summed E-state index contributed by atoms with van der Waals surface area (Å²) in [5.41, 5.74) is 13.3. The van der Waals surface area contributed by atoms with Gasteiger partial charge in [0.15, 0.2) is 0 Å². The molecule has 0 aliphatic carbocycles. The molecule has 7 nitrogen and oxygen atoms in total. The van der Waals surface area contributed by atoms with Gasteiger partial charge in [-0.1, -0.05) is 38.1 Å². The molecule has 0 amide bonds. The van der Waals surface area contributed by atoms with Gasteiger partial charge in [0.25, 0.3) is 0 Å². The molecule has 2 aromatic carbocycles. The number of piperidine rings is 1. The first-order valence-electron chi connectivity index (χ1n) is 12.3. The van der Waals surface area contributed by atoms with Crippen molar-refractivity contribution in [3.8, 4) is 0 Å². The quantitative estimate of drug-likeness (QED) is 0.513. The van der Waals surface area contributed by atoms with Crippen LogP contribution in [-0.2, 0) is 6.42 Å². The largest absolute Gasteiger partial charge is 0.403 e. The number of benzene rings is 2. The zero-order valence-corrected chi connectivity index (χ0v) is 21.1. The van der Waals surface area contributed by atoms with Crippen LogP contribution in [0.5, 0.6) is 0 Å². The van der Waals surface area contributed by atoms with Crippen LogP contribution in [0.3, 0.4) is 0 Å². The fourth-order valence-electron chi connectivity index (χ4n) is 4.76. The van der Waals surface area contributed by atoms with E-state index >= 15 is 0 Å². The standard InChI is InChI=1S/C27H37N7/c1-6-20-15-27(33-13-11-21(12-14-33)32(4)5)23(19(2)3)16-25(20)29-18-22(17-28)34-26-10-8-7-9-24(26)30-31-34/h7-10,15-19,21H,6,11-14,28H2,1-5H3/b22-17-,29-18-. The molecular weight excluding hydrogens is 422 g/mol. The second-order valence-electron chi connectivity index (χ2n) is 9.57. The van der Waals surface area contributed by atoms with E-state index in [2.05, 4.69) is 67.1 Å². The molecule has 0 spiro atoms. The molecule has 7 heteroatoms. The summed E-state index contributed by atoms with van der Waals surface area (Å²) < 4.78 is 1.73. The lowest BCUT2D eigenvalue weighted by Gasteiger charge is -2.38. The maximum absolute atomic E-state index is 5.97. The van der Waals surface area contributed by atoms with Crippen LogP contribution in [0, 0.1) is 0 Å². The van der Waals surface area contributed by atoms with Crippen LogP contribution >= 0.6 is 0 Å². The number of rotatable bonds is 7. The number of hydrogen-bond donors (Lipinski definition) is 1. The number of anilines is 1. The third-order valence-corrected chi connectivity index (χ3v) is 6.87. The second kappa shape index (κ2) is 10.4. The Bertz CT molecular complexity index is 1180. The highest BCUT2D eigenvalue weighted by atomic mass is 15.4. The fourth-order valence-corrected chi connectivity index (χ4v) is 4.76. The number of fused-ring (bicyclic) bond motifs is 1. The van der Waals surface area contributed by atoms with Crippen molar-refractivity contribution in [2.24, 2.45) is 10.7 Å². The zero-order valence-electron chi connectivity index (χ0n) is 21.1. The molecule has 2 N–H and O–H groups in total. The van der Waals surface area contributed by atoms with Crippen LogP contribution in [0.25, 0.3) is 16.7 Å². The summed E-state index contributed by atoms with van der Waals surface area (Å²) in [7, 11) is 4.38. The van der Waals surface area contributed by atoms with Gasteiger partial charge in [-0.3, -0.25) is 4.99 Å². The molecule has 1 aromatic heterocycles. The molecule has 1 fully saturated rings. The van der Waals surface area contributed by atoms with E-state index in [-0.39, 0.29) is 0 Å². The van der Waals surface area contributed by atoms with Crippen molar-refractivity contribution in [2.75, 3.05) is 32.1 Å². The molecular formula is C27H37N7. The Balaban J connectivity index is 1.65. The highest BCUT2D eigenvalue weighted by Crippen LogP contribution is 2.36. The van der Waals surface area contributed by atoms with Gasteiger partial charge in [-0.2, -0.15) is 0 Å². The number of aryl methyl sites for hydroxylation is 1. The summed E-state index contributed by atoms with van der Waals surface area (Å²) in [5, 5.41) is 8.52. The minimum absolute atomic E-state index is 0.408. The molecule has 0 saturated carbocycles. The van der Waals surface area contributed by atoms with E-state index < -0.39 is 0 Å². The van der Waals surface area contributed by atoms with Crippen molar-refractivity contribution in [1.82, 2.24) is 19.9 Å². The third-order valence-electron chi connectivity index (χ3n) is 6.87. The summed E-state index contributed by atoms with van der Waals surface area (Å²) in [6.45, 7) is 8.90. The Morgan fingerprint density at radius 2 is 1.94 bits per heavy atom. The molecule has 1 saturated heterocycles. The lowest BCUT2D eigenvalue weighted by molar-refractivity contribution is 0.249. The Morgan fingerprint density at radius 3 is 2.59 bits per heavy atom. The number of allylic oxidation sites excluding steroid dienone is 1. The van der Waals surface area contributed by atoms with Gasteiger partial charge in [0.05, 0.1) is 17.4 Å². The van der Waals surface area contributed by atoms with Crippen LogP contribution in [0.15, 0.2) is 47.6 Å². The van der Waals surface area contributed by atoms with Gasteiger partial charge in [0, 0.05) is 31.0 Å². The third kappa shape index (κ3) is 4.85. The molecule has 3 aromatic rings. The van der Waals surface area contributed by atoms with E-state index in [0.717, 1.165) is 36.2 Å². The van der Waals surface area contributed by atoms with Crippen molar-refractivity contribution in [1.29, 1.82) is 0 Å². The van der Waals surface area contributed by atoms with E-state index in [1.807, 2.05) is 24.3 Å². The van der Waals surface area contributed by atoms with Gasteiger partial charge in [-0.15, -0.1) is 5.10 Å². The topological polar surface area (TPSA) is 75.6 Å². The van der Waals surface area contributed by atoms with Crippen molar-refractivity contribution in [3.63, 3.8) is 0 Å². The summed E-state index contributed by atoms with van der Waals surface area (Å²) in [5.74, 6) is 0.408. The molecule has 180 valence electrons. The molecule has 0 bridgehead atoms. The molecule has 34 heavy (non-hydrogen) atoms. The Labute approximate surface area is 202 Å². The number of aliphatic imine (C=N–C) groups is 1. The number of aromatic nitrogens is 3. The normalized spacial score (nSPS) is 16.0. The van der Waals surface area contributed by atoms with Gasteiger partial charge in [0.1, 0.15) is 11.2 Å². The lowest BCUT2D eigenvalue weighted by atomic mass is 9.94. The van der Waals surface area contributed by atoms with E-state index in [0.29, 0.717) is 17.7 Å². The number of para-hydroxylation sites is 1. The molecule has 0 atom stereocenters. The van der Waals surface area contributed by atoms with Gasteiger partial charge in [-0.05, 0) is 74.7 Å². The van der Waals surface area contributed by atoms with Gasteiger partial charge < -0.3 is 15.5 Å². The van der Waals surface area contributed by atoms with Gasteiger partial charge in [0.2, 0.25) is 0 Å². The van der Waals surface area contributed by atoms with Crippen LogP contribution in [0.2, 0.25) is 0 Å². The predicted octanol–water partition coefficient (Wildman–Crippen LogP) is 4.81. The summed E-state index contributed by atoms with van der Waals surface area (Å²) in [6.07, 6.45) is 6.63. The highest BCUT2D eigenvalue weighted by Gasteiger charge is 2.24. The van der Waals surface area contributed by atoms with Crippen molar-refractivity contribution < 1.29 is 0 Å². The summed E-state index contributed by atoms with van der Waals surface area (Å²) >= 11 is 0. The smallest absolute Gasteiger partial charge is 0.113 e. The summed E-state index contributed by atoms with van der Waals surface area (Å²) in [4.78, 5) is 9.81. The maximum Gasteiger partial charge on any atom is 0.113 e. The van der Waals surface area contributed by atoms with E-state index in [1.54, 1.807) is 10.9 Å². The van der Waals surface area contributed by atoms with Crippen LogP contribution in [-0.4, -0.2) is 59.3 Å². The Hall–Kier alpha value is -3.19. The van der Waals surface area contributed by atoms with Crippen LogP contribution in [0.4, 0.5) is 11.4 Å². The van der Waals surface area contributed by atoms with Crippen molar-refractivity contribution >= 4 is 34.3 Å². The molecule has 4 rings (SSSR count). The zero-order chi connectivity index (χ0) is 24.2. The molecule has 1 aliphatic rings. The van der Waals surface area contributed by atoms with Crippen molar-refractivity contribution in [3.05, 3.63) is 53.7 Å². The monoisotopic (exact) mass is 459 g/mol. The molecule has 1 aliphatic heterocycles. The average molecular weight is 460 g/mol. The average Bonchev–Trinajstić information content (AvgIpc) is 3.28. The minimum Gasteiger partial charge on any atom is -0.403 e. The predicted molar refractivity (Wildman–Crippen MR) is 143 cm³/mol. The van der Waals surface area contributed by atoms with E-state index in [9.17, 15) is 0 Å². The van der Waals surface area contributed by atoms with E-state index in [4.69, 9.17) is 10.7 Å². The molecule has 2 heterocycles. The summed E-state index contributed by atoms with van der Waals surface area (Å²) in [6, 6.07) is 13.1. The van der Waals surface area contributed by atoms with Crippen molar-refractivity contribution in [2.45, 2.75) is 52.0 Å². The van der Waals surface area contributed by atoms with Crippen LogP contribution < -0.4 is 10.6 Å². The number of hydrogen-bond acceptors (Lipinski definition) is 6. The fraction of sp³-hybridized carbons (Fsp3) is 0.444. The lowest BCUT2D eigenvalue weighted by Crippen LogP contribution is -2.42. The van der Waals surface area contributed by atoms with E-state index in [1.165, 1.54) is 35.9 Å². The van der Waals surface area contributed by atoms with Gasteiger partial charge in [-0.25, -0.2) is 4.68 Å². The Kier molecular flexibility index (Phi) is 7.32. The Morgan fingerprint density at radius 1 is 1.21 bits per heavy atom. The first-order valence-corrected chi connectivity index (χ1v) is 12.3. The SMILES string of the molecule is CCc1cc(N2CCC(N(C)C)CC2)c(C(C)C)cc1/N=C\C(=C\N)n1nnc2ccccc21. The highest BCUT2D eigenvalue weighted by molar-refractivity contribution is 6.05. The molecule has 0 radical (unpaired) electrons. The maximum atomic E-state index is 5.97.